The van der Waals surface area contributed by atoms with Gasteiger partial charge in [0, 0.05) is 69.9 Å². The van der Waals surface area contributed by atoms with Gasteiger partial charge in [-0.1, -0.05) is 351 Å². The molecule has 0 aliphatic carbocycles. The third kappa shape index (κ3) is 14.6. The van der Waals surface area contributed by atoms with E-state index in [1.165, 1.54) is 52.7 Å². The molecule has 0 N–H and O–H groups in total. The average molecular weight is 1550 g/mol. The summed E-state index contributed by atoms with van der Waals surface area (Å²) >= 11 is 10.0. The summed E-state index contributed by atoms with van der Waals surface area (Å²) < 4.78 is 17.3. The minimum Gasteiger partial charge on any atom is -0.399 e. The van der Waals surface area contributed by atoms with Gasteiger partial charge in [0.05, 0.1) is 47.7 Å². The second kappa shape index (κ2) is 31.2. The van der Waals surface area contributed by atoms with E-state index in [4.69, 9.17) is 60.8 Å². The van der Waals surface area contributed by atoms with E-state index in [1.807, 2.05) is 84.9 Å². The fourth-order valence-corrected chi connectivity index (χ4v) is 17.4. The molecule has 21 rings (SSSR count). The molecule has 0 atom stereocenters. The van der Waals surface area contributed by atoms with E-state index < -0.39 is 18.3 Å². The summed E-state index contributed by atoms with van der Waals surface area (Å²) in [4.78, 5) is 39.9. The highest BCUT2D eigenvalue weighted by Gasteiger charge is 2.51. The molecule has 0 saturated carbocycles. The van der Waals surface area contributed by atoms with Gasteiger partial charge in [0.1, 0.15) is 0 Å². The Labute approximate surface area is 685 Å². The Hall–Kier alpha value is -13.4. The highest BCUT2D eigenvalue weighted by atomic mass is 35.5. The Morgan fingerprint density at radius 1 is 0.241 bits per heavy atom. The van der Waals surface area contributed by atoms with Crippen molar-refractivity contribution in [3.8, 4) is 124 Å². The van der Waals surface area contributed by atoms with Crippen LogP contribution in [0.3, 0.4) is 0 Å². The first kappa shape index (κ1) is 72.9. The summed E-state index contributed by atoms with van der Waals surface area (Å²) in [7, 11) is -0.431. The molecular formula is C102H72BClN8O2S2. The lowest BCUT2D eigenvalue weighted by Gasteiger charge is -2.32. The second-order valence-electron chi connectivity index (χ2n) is 29.7. The van der Waals surface area contributed by atoms with E-state index in [-0.39, 0.29) is 0 Å². The summed E-state index contributed by atoms with van der Waals surface area (Å²) in [6, 6.07) is 125. The lowest BCUT2D eigenvalue weighted by molar-refractivity contribution is 0.00578. The summed E-state index contributed by atoms with van der Waals surface area (Å²) in [6.45, 7) is 8.25. The molecule has 1 aliphatic heterocycles. The average Bonchev–Trinajstić information content (AvgIpc) is 1.60. The molecule has 1 aliphatic rings. The monoisotopic (exact) mass is 1550 g/mol. The van der Waals surface area contributed by atoms with Gasteiger partial charge in [-0.05, 0) is 107 Å². The minimum absolute atomic E-state index is 0.402. The number of nitrogens with zero attached hydrogens (tertiary/aromatic N) is 8. The first-order valence-corrected chi connectivity index (χ1v) is 40.6. The summed E-state index contributed by atoms with van der Waals surface area (Å²) in [5.74, 6) is 3.74. The van der Waals surface area contributed by atoms with Gasteiger partial charge in [-0.2, -0.15) is 0 Å². The van der Waals surface area contributed by atoms with Gasteiger partial charge >= 0.3 is 7.12 Å². The van der Waals surface area contributed by atoms with Crippen LogP contribution in [0.1, 0.15) is 27.7 Å². The number of benzene rings is 14. The highest BCUT2D eigenvalue weighted by molar-refractivity contribution is 7.26. The van der Waals surface area contributed by atoms with Gasteiger partial charge in [-0.15, -0.1) is 22.7 Å². The molecule has 6 aromatic heterocycles. The number of fused-ring (bicyclic) bond motifs is 8. The number of rotatable bonds is 12. The third-order valence-electron chi connectivity index (χ3n) is 21.7. The zero-order valence-corrected chi connectivity index (χ0v) is 66.2. The molecule has 0 spiro atoms. The number of hydrogen-bond donors (Lipinski definition) is 0. The van der Waals surface area contributed by atoms with Gasteiger partial charge in [0.2, 0.25) is 0 Å². The van der Waals surface area contributed by atoms with Crippen LogP contribution in [0, 0.1) is 0 Å². The highest BCUT2D eigenvalue weighted by Crippen LogP contribution is 2.45. The van der Waals surface area contributed by atoms with Gasteiger partial charge < -0.3 is 9.31 Å². The topological polar surface area (TPSA) is 122 Å². The normalized spacial score (nSPS) is 12.9. The van der Waals surface area contributed by atoms with Crippen LogP contribution in [-0.2, 0) is 9.31 Å². The molecule has 10 nitrogen and oxygen atoms in total. The molecule has 554 valence electrons. The lowest BCUT2D eigenvalue weighted by atomic mass is 9.79. The van der Waals surface area contributed by atoms with Crippen LogP contribution in [0.25, 0.3) is 186 Å². The van der Waals surface area contributed by atoms with Crippen LogP contribution in [0.2, 0.25) is 5.02 Å². The van der Waals surface area contributed by atoms with Gasteiger partial charge in [-0.3, -0.25) is 0 Å². The Kier molecular flexibility index (Phi) is 19.6. The van der Waals surface area contributed by atoms with Crippen molar-refractivity contribution < 1.29 is 9.31 Å². The van der Waals surface area contributed by atoms with Crippen LogP contribution >= 0.6 is 34.3 Å². The Bertz CT molecular complexity index is 6770. The quantitative estimate of drug-likeness (QED) is 0.109. The Morgan fingerprint density at radius 2 is 0.491 bits per heavy atom. The van der Waals surface area contributed by atoms with Crippen molar-refractivity contribution >= 4 is 109 Å². The van der Waals surface area contributed by atoms with Gasteiger partial charge in [0.25, 0.3) is 0 Å². The molecule has 20 aromatic rings. The molecule has 0 bridgehead atoms. The first-order chi connectivity index (χ1) is 56.8. The molecule has 0 amide bonds. The predicted octanol–water partition coefficient (Wildman–Crippen LogP) is 26.6. The summed E-state index contributed by atoms with van der Waals surface area (Å²) in [5.41, 5.74) is 21.3. The fourth-order valence-electron chi connectivity index (χ4n) is 14.8. The van der Waals surface area contributed by atoms with Crippen molar-refractivity contribution in [3.63, 3.8) is 0 Å². The van der Waals surface area contributed by atoms with Crippen LogP contribution in [0.15, 0.2) is 364 Å². The zero-order chi connectivity index (χ0) is 78.3. The maximum atomic E-state index is 6.52. The summed E-state index contributed by atoms with van der Waals surface area (Å²) in [5, 5.41) is 5.36. The van der Waals surface area contributed by atoms with Crippen molar-refractivity contribution in [2.24, 2.45) is 0 Å². The lowest BCUT2D eigenvalue weighted by Crippen LogP contribution is -2.41. The number of aromatic nitrogens is 8. The van der Waals surface area contributed by atoms with E-state index in [2.05, 4.69) is 307 Å². The Balaban J connectivity index is 0.000000128. The number of thiophene rings is 2. The van der Waals surface area contributed by atoms with Crippen LogP contribution in [-0.4, -0.2) is 58.2 Å². The van der Waals surface area contributed by atoms with Crippen molar-refractivity contribution in [1.82, 2.24) is 39.9 Å². The standard InChI is InChI=1S/C48H30N4S.C39H34BN3O2.C15H8ClNS/c1-3-11-31(12-4-1)33-19-25-36(26-20-33)46-50-47(37-27-21-34(22-28-37)32-13-5-2-6-14-32)52-48(51-46)38-29-23-35(24-30-38)43-39-15-7-9-17-41(39)49-44-40-16-8-10-18-42(40)53-45(43)44;1-38(2)39(3,4)45-40(44-38)34-25-23-33(24-26-34)37-42-35(31-19-15-29(16-20-31)27-11-7-5-8-12-27)41-36(43-37)32-21-17-30(18-22-32)28-13-9-6-10-14-28;16-13-9-5-1-3-7-11(9)17-14-10-6-2-4-8-12(10)18-15(13)14/h1-30H;5-26H,1-4H3;1-8H. The largest absolute Gasteiger partial charge is 0.494 e. The van der Waals surface area contributed by atoms with Crippen LogP contribution in [0.4, 0.5) is 0 Å². The fraction of sp³-hybridized carbons (Fsp3) is 0.0588. The smallest absolute Gasteiger partial charge is 0.399 e. The van der Waals surface area contributed by atoms with Crippen molar-refractivity contribution in [3.05, 3.63) is 369 Å². The van der Waals surface area contributed by atoms with E-state index in [0.29, 0.717) is 34.9 Å². The van der Waals surface area contributed by atoms with Crippen molar-refractivity contribution in [2.75, 3.05) is 0 Å². The maximum Gasteiger partial charge on any atom is 0.494 e. The van der Waals surface area contributed by atoms with Gasteiger partial charge in [-0.25, -0.2) is 39.9 Å². The Morgan fingerprint density at radius 3 is 0.845 bits per heavy atom. The predicted molar refractivity (Wildman–Crippen MR) is 483 cm³/mol. The molecule has 14 aromatic carbocycles. The third-order valence-corrected chi connectivity index (χ3v) is 24.6. The van der Waals surface area contributed by atoms with Crippen molar-refractivity contribution in [1.29, 1.82) is 0 Å². The maximum absolute atomic E-state index is 6.52. The molecule has 1 saturated heterocycles. The number of para-hydroxylation sites is 2. The first-order valence-electron chi connectivity index (χ1n) is 38.6. The summed E-state index contributed by atoms with van der Waals surface area (Å²) in [6.07, 6.45) is 0. The molecule has 116 heavy (non-hydrogen) atoms. The van der Waals surface area contributed by atoms with Crippen LogP contribution < -0.4 is 5.46 Å². The molecule has 14 heteroatoms. The number of halogens is 1. The molecule has 0 unspecified atom stereocenters. The number of hydrogen-bond acceptors (Lipinski definition) is 12. The zero-order valence-electron chi connectivity index (χ0n) is 63.8. The number of pyridine rings is 2. The molecule has 7 heterocycles. The van der Waals surface area contributed by atoms with E-state index in [1.54, 1.807) is 22.7 Å². The van der Waals surface area contributed by atoms with Gasteiger partial charge in [0.15, 0.2) is 34.9 Å². The minimum atomic E-state index is -0.431. The SMILES string of the molecule is CC1(C)OB(c2ccc(-c3nc(-c4ccc(-c5ccccc5)cc4)nc(-c4ccc(-c5ccccc5)cc4)n3)cc2)OC1(C)C.Clc1c2ccccc2nc2c1sc1ccccc12.c1ccc(-c2ccc(-c3nc(-c4ccc(-c5ccccc5)cc4)nc(-c4ccc(-c5c6ccccc6nc6c5sc5ccccc56)cc4)n3)cc2)cc1. The van der Waals surface area contributed by atoms with E-state index in [9.17, 15) is 0 Å². The van der Waals surface area contributed by atoms with E-state index in [0.717, 1.165) is 109 Å². The van der Waals surface area contributed by atoms with Crippen LogP contribution in [0.5, 0.6) is 0 Å². The van der Waals surface area contributed by atoms with E-state index >= 15 is 0 Å². The molecule has 0 radical (unpaired) electrons. The molecule has 1 fully saturated rings. The second-order valence-corrected chi connectivity index (χ2v) is 32.2. The van der Waals surface area contributed by atoms with Crippen molar-refractivity contribution in [2.45, 2.75) is 38.9 Å². The molecular weight excluding hydrogens is 1480 g/mol.